The second-order valence-corrected chi connectivity index (χ2v) is 5.19. The number of urea groups is 1. The number of para-hydroxylation sites is 1. The Hall–Kier alpha value is -3.08. The number of anilines is 1. The van der Waals surface area contributed by atoms with E-state index in [1.165, 1.54) is 0 Å². The van der Waals surface area contributed by atoms with E-state index in [0.717, 1.165) is 21.8 Å². The lowest BCUT2D eigenvalue weighted by molar-refractivity contribution is -0.113. The minimum Gasteiger partial charge on any atom is -0.496 e. The van der Waals surface area contributed by atoms with Crippen LogP contribution in [-0.2, 0) is 4.79 Å². The first-order valence-electron chi connectivity index (χ1n) is 7.17. The van der Waals surface area contributed by atoms with Crippen LogP contribution in [0, 0.1) is 6.92 Å². The van der Waals surface area contributed by atoms with Crippen LogP contribution in [0.15, 0.2) is 54.2 Å². The summed E-state index contributed by atoms with van der Waals surface area (Å²) in [6, 6.07) is 14.0. The number of amides is 3. The summed E-state index contributed by atoms with van der Waals surface area (Å²) in [5, 5.41) is 2.62. The van der Waals surface area contributed by atoms with Gasteiger partial charge in [-0.15, -0.1) is 0 Å². The van der Waals surface area contributed by atoms with Crippen molar-refractivity contribution in [2.24, 2.45) is 0 Å². The summed E-state index contributed by atoms with van der Waals surface area (Å²) in [7, 11) is 1.61. The molecule has 1 heterocycles. The first-order chi connectivity index (χ1) is 11.1. The van der Waals surface area contributed by atoms with E-state index >= 15 is 0 Å². The smallest absolute Gasteiger partial charge is 0.333 e. The maximum absolute atomic E-state index is 12.5. The number of aryl methyl sites for hydroxylation is 1. The highest BCUT2D eigenvalue weighted by molar-refractivity contribution is 6.28. The van der Waals surface area contributed by atoms with Crippen LogP contribution in [-0.4, -0.2) is 19.0 Å². The lowest BCUT2D eigenvalue weighted by Crippen LogP contribution is -2.30. The Labute approximate surface area is 134 Å². The number of hydrogen-bond acceptors (Lipinski definition) is 3. The molecule has 3 amide bonds. The number of hydrogen-bond donors (Lipinski definition) is 1. The van der Waals surface area contributed by atoms with E-state index in [4.69, 9.17) is 4.74 Å². The van der Waals surface area contributed by atoms with E-state index in [2.05, 4.69) is 5.32 Å². The van der Waals surface area contributed by atoms with Crippen molar-refractivity contribution in [2.45, 2.75) is 6.92 Å². The van der Waals surface area contributed by atoms with Gasteiger partial charge in [-0.25, -0.2) is 9.69 Å². The maximum atomic E-state index is 12.5. The van der Waals surface area contributed by atoms with Gasteiger partial charge in [0.05, 0.1) is 12.8 Å². The third-order valence-corrected chi connectivity index (χ3v) is 3.62. The summed E-state index contributed by atoms with van der Waals surface area (Å²) < 4.78 is 5.22. The van der Waals surface area contributed by atoms with Crippen LogP contribution in [0.3, 0.4) is 0 Å². The van der Waals surface area contributed by atoms with Crippen molar-refractivity contribution >= 4 is 23.7 Å². The lowest BCUT2D eigenvalue weighted by Gasteiger charge is -2.10. The maximum Gasteiger partial charge on any atom is 0.333 e. The predicted octanol–water partition coefficient (Wildman–Crippen LogP) is 3.10. The number of carbonyl (C=O) groups is 2. The fourth-order valence-electron chi connectivity index (χ4n) is 2.50. The van der Waals surface area contributed by atoms with Gasteiger partial charge in [-0.1, -0.05) is 24.3 Å². The molecule has 1 saturated heterocycles. The molecule has 2 aromatic carbocycles. The first-order valence-corrected chi connectivity index (χ1v) is 7.17. The number of methoxy groups -OCH3 is 1. The van der Waals surface area contributed by atoms with Gasteiger partial charge in [0.1, 0.15) is 11.4 Å². The molecule has 5 heteroatoms. The average molecular weight is 308 g/mol. The summed E-state index contributed by atoms with van der Waals surface area (Å²) in [6.07, 6.45) is 1.66. The Morgan fingerprint density at radius 2 is 1.83 bits per heavy atom. The number of rotatable bonds is 3. The minimum absolute atomic E-state index is 0.253. The van der Waals surface area contributed by atoms with Crippen LogP contribution in [0.1, 0.15) is 11.1 Å². The van der Waals surface area contributed by atoms with Crippen LogP contribution in [0.4, 0.5) is 10.5 Å². The topological polar surface area (TPSA) is 58.6 Å². The molecule has 0 saturated carbocycles. The van der Waals surface area contributed by atoms with Crippen molar-refractivity contribution in [3.63, 3.8) is 0 Å². The summed E-state index contributed by atoms with van der Waals surface area (Å²) in [6.45, 7) is 1.92. The molecule has 1 fully saturated rings. The van der Waals surface area contributed by atoms with Gasteiger partial charge >= 0.3 is 6.03 Å². The van der Waals surface area contributed by atoms with Crippen LogP contribution >= 0.6 is 0 Å². The van der Waals surface area contributed by atoms with Crippen molar-refractivity contribution in [1.29, 1.82) is 0 Å². The molecule has 3 rings (SSSR count). The van der Waals surface area contributed by atoms with Gasteiger partial charge in [0.2, 0.25) is 0 Å². The van der Waals surface area contributed by atoms with Crippen LogP contribution in [0.25, 0.3) is 6.08 Å². The van der Waals surface area contributed by atoms with Gasteiger partial charge < -0.3 is 10.1 Å². The first kappa shape index (κ1) is 14.8. The van der Waals surface area contributed by atoms with E-state index in [-0.39, 0.29) is 11.6 Å². The zero-order valence-electron chi connectivity index (χ0n) is 12.9. The normalized spacial score (nSPS) is 15.9. The zero-order chi connectivity index (χ0) is 16.4. The van der Waals surface area contributed by atoms with Gasteiger partial charge in [-0.2, -0.15) is 0 Å². The molecule has 0 bridgehead atoms. The number of benzene rings is 2. The molecule has 1 aliphatic rings. The van der Waals surface area contributed by atoms with Crippen LogP contribution in [0.5, 0.6) is 5.75 Å². The van der Waals surface area contributed by atoms with E-state index in [9.17, 15) is 9.59 Å². The predicted molar refractivity (Wildman–Crippen MR) is 88.2 cm³/mol. The van der Waals surface area contributed by atoms with Crippen molar-refractivity contribution < 1.29 is 14.3 Å². The van der Waals surface area contributed by atoms with E-state index in [1.807, 2.05) is 31.2 Å². The van der Waals surface area contributed by atoms with Crippen LogP contribution < -0.4 is 15.0 Å². The number of imide groups is 1. The van der Waals surface area contributed by atoms with Gasteiger partial charge in [-0.3, -0.25) is 4.79 Å². The second kappa shape index (κ2) is 5.96. The Morgan fingerprint density at radius 1 is 1.09 bits per heavy atom. The Bertz CT molecular complexity index is 797. The van der Waals surface area contributed by atoms with Crippen molar-refractivity contribution in [3.05, 3.63) is 65.4 Å². The van der Waals surface area contributed by atoms with E-state index < -0.39 is 6.03 Å². The van der Waals surface area contributed by atoms with Gasteiger partial charge in [0.15, 0.2) is 0 Å². The Kier molecular flexibility index (Phi) is 3.85. The summed E-state index contributed by atoms with van der Waals surface area (Å²) >= 11 is 0. The van der Waals surface area contributed by atoms with Crippen molar-refractivity contribution in [2.75, 3.05) is 12.0 Å². The molecular formula is C18H16N2O3. The molecule has 1 aliphatic heterocycles. The van der Waals surface area contributed by atoms with E-state index in [1.54, 1.807) is 37.5 Å². The lowest BCUT2D eigenvalue weighted by atomic mass is 10.1. The molecule has 0 radical (unpaired) electrons. The standard InChI is InChI=1S/C18H16N2O3/c1-12-10-13(8-9-16(12)23-2)11-15-17(21)20(18(22)19-15)14-6-4-3-5-7-14/h3-11H,1-2H3,(H,19,22)/b15-11+. The molecular weight excluding hydrogens is 292 g/mol. The molecule has 0 spiro atoms. The highest BCUT2D eigenvalue weighted by Crippen LogP contribution is 2.24. The molecule has 0 aromatic heterocycles. The van der Waals surface area contributed by atoms with Gasteiger partial charge in [0, 0.05) is 0 Å². The van der Waals surface area contributed by atoms with Crippen LogP contribution in [0.2, 0.25) is 0 Å². The highest BCUT2D eigenvalue weighted by Gasteiger charge is 2.34. The monoisotopic (exact) mass is 308 g/mol. The second-order valence-electron chi connectivity index (χ2n) is 5.19. The third kappa shape index (κ3) is 2.81. The molecule has 23 heavy (non-hydrogen) atoms. The van der Waals surface area contributed by atoms with Gasteiger partial charge in [0.25, 0.3) is 5.91 Å². The summed E-state index contributed by atoms with van der Waals surface area (Å²) in [5.41, 5.74) is 2.58. The van der Waals surface area contributed by atoms with Crippen molar-refractivity contribution in [3.8, 4) is 5.75 Å². The molecule has 0 unspecified atom stereocenters. The molecule has 0 aliphatic carbocycles. The number of ether oxygens (including phenoxy) is 1. The number of nitrogens with one attached hydrogen (secondary N) is 1. The molecule has 1 N–H and O–H groups in total. The quantitative estimate of drug-likeness (QED) is 0.700. The third-order valence-electron chi connectivity index (χ3n) is 3.62. The summed E-state index contributed by atoms with van der Waals surface area (Å²) in [5.74, 6) is 0.412. The van der Waals surface area contributed by atoms with E-state index in [0.29, 0.717) is 5.69 Å². The number of carbonyl (C=O) groups excluding carboxylic acids is 2. The SMILES string of the molecule is COc1ccc(/C=C2/NC(=O)N(c3ccccc3)C2=O)cc1C. The summed E-state index contributed by atoms with van der Waals surface area (Å²) in [4.78, 5) is 25.7. The minimum atomic E-state index is -0.447. The highest BCUT2D eigenvalue weighted by atomic mass is 16.5. The molecule has 116 valence electrons. The van der Waals surface area contributed by atoms with Crippen molar-refractivity contribution in [1.82, 2.24) is 5.32 Å². The number of nitrogens with zero attached hydrogens (tertiary/aromatic N) is 1. The zero-order valence-corrected chi connectivity index (χ0v) is 12.9. The molecule has 5 nitrogen and oxygen atoms in total. The fourth-order valence-corrected chi connectivity index (χ4v) is 2.50. The fraction of sp³-hybridized carbons (Fsp3) is 0.111. The Morgan fingerprint density at radius 3 is 2.48 bits per heavy atom. The Balaban J connectivity index is 1.91. The largest absolute Gasteiger partial charge is 0.496 e. The molecule has 2 aromatic rings. The average Bonchev–Trinajstić information content (AvgIpc) is 2.82. The molecule has 0 atom stereocenters. The van der Waals surface area contributed by atoms with Gasteiger partial charge in [-0.05, 0) is 48.4 Å².